The van der Waals surface area contributed by atoms with Gasteiger partial charge in [0.15, 0.2) is 0 Å². The Balaban J connectivity index is 3.18. The predicted molar refractivity (Wildman–Crippen MR) is 66.9 cm³/mol. The first-order chi connectivity index (χ1) is 7.65. The molecule has 0 unspecified atom stereocenters. The van der Waals surface area contributed by atoms with Crippen molar-refractivity contribution >= 4 is 11.6 Å². The molecule has 0 spiro atoms. The fourth-order valence-electron chi connectivity index (χ4n) is 1.73. The average Bonchev–Trinajstić information content (AvgIpc) is 2.26. The van der Waals surface area contributed by atoms with Crippen molar-refractivity contribution in [2.75, 3.05) is 27.8 Å². The van der Waals surface area contributed by atoms with Crippen molar-refractivity contribution in [2.45, 2.75) is 13.3 Å². The van der Waals surface area contributed by atoms with Crippen LogP contribution in [0.1, 0.15) is 11.1 Å². The van der Waals surface area contributed by atoms with Gasteiger partial charge >= 0.3 is 0 Å². The summed E-state index contributed by atoms with van der Waals surface area (Å²) < 4.78 is 10.6. The lowest BCUT2D eigenvalue weighted by atomic mass is 10.1. The van der Waals surface area contributed by atoms with E-state index in [0.717, 1.165) is 24.1 Å². The Kier molecular flexibility index (Phi) is 4.90. The summed E-state index contributed by atoms with van der Waals surface area (Å²) >= 11 is 6.23. The molecule has 1 aromatic carbocycles. The van der Waals surface area contributed by atoms with Gasteiger partial charge in [0.25, 0.3) is 0 Å². The average molecular weight is 244 g/mol. The van der Waals surface area contributed by atoms with Gasteiger partial charge in [-0.3, -0.25) is 0 Å². The van der Waals surface area contributed by atoms with E-state index >= 15 is 0 Å². The van der Waals surface area contributed by atoms with Crippen LogP contribution in [0.5, 0.6) is 11.5 Å². The molecule has 1 aromatic rings. The van der Waals surface area contributed by atoms with Crippen LogP contribution in [0, 0.1) is 6.92 Å². The summed E-state index contributed by atoms with van der Waals surface area (Å²) in [5, 5.41) is 3.66. The van der Waals surface area contributed by atoms with E-state index in [-0.39, 0.29) is 0 Å². The molecule has 0 atom stereocenters. The van der Waals surface area contributed by atoms with Crippen LogP contribution in [-0.2, 0) is 6.42 Å². The molecule has 4 heteroatoms. The highest BCUT2D eigenvalue weighted by molar-refractivity contribution is 6.33. The first kappa shape index (κ1) is 13.1. The zero-order valence-corrected chi connectivity index (χ0v) is 10.9. The van der Waals surface area contributed by atoms with Crippen LogP contribution < -0.4 is 14.8 Å². The number of methoxy groups -OCH3 is 2. The minimum Gasteiger partial charge on any atom is -0.495 e. The molecule has 1 N–H and O–H groups in total. The van der Waals surface area contributed by atoms with E-state index in [2.05, 4.69) is 11.4 Å². The highest BCUT2D eigenvalue weighted by Gasteiger charge is 2.15. The first-order valence-electron chi connectivity index (χ1n) is 5.20. The lowest BCUT2D eigenvalue weighted by molar-refractivity contribution is 0.389. The van der Waals surface area contributed by atoms with Gasteiger partial charge in [0.2, 0.25) is 0 Å². The van der Waals surface area contributed by atoms with Gasteiger partial charge in [0, 0.05) is 0 Å². The van der Waals surface area contributed by atoms with Gasteiger partial charge in [-0.05, 0) is 44.1 Å². The maximum Gasteiger partial charge on any atom is 0.144 e. The fraction of sp³-hybridized carbons (Fsp3) is 0.500. The maximum absolute atomic E-state index is 6.23. The Morgan fingerprint density at radius 3 is 2.38 bits per heavy atom. The number of ether oxygens (including phenoxy) is 2. The molecule has 0 aliphatic carbocycles. The third-order valence-corrected chi connectivity index (χ3v) is 2.84. The van der Waals surface area contributed by atoms with Crippen molar-refractivity contribution in [3.63, 3.8) is 0 Å². The van der Waals surface area contributed by atoms with Gasteiger partial charge in [0.1, 0.15) is 16.5 Å². The van der Waals surface area contributed by atoms with Crippen LogP contribution in [0.15, 0.2) is 6.07 Å². The summed E-state index contributed by atoms with van der Waals surface area (Å²) in [6, 6.07) is 2.06. The Bertz CT molecular complexity index is 367. The maximum atomic E-state index is 6.23. The number of hydrogen-bond acceptors (Lipinski definition) is 3. The van der Waals surface area contributed by atoms with Crippen molar-refractivity contribution in [1.29, 1.82) is 0 Å². The number of halogens is 1. The van der Waals surface area contributed by atoms with Crippen LogP contribution in [0.2, 0.25) is 5.02 Å². The first-order valence-corrected chi connectivity index (χ1v) is 5.58. The van der Waals surface area contributed by atoms with Crippen LogP contribution >= 0.6 is 11.6 Å². The topological polar surface area (TPSA) is 30.5 Å². The zero-order chi connectivity index (χ0) is 12.1. The minimum absolute atomic E-state index is 0.552. The summed E-state index contributed by atoms with van der Waals surface area (Å²) in [6.07, 6.45) is 0.879. The van der Waals surface area contributed by atoms with E-state index in [1.165, 1.54) is 0 Å². The summed E-state index contributed by atoms with van der Waals surface area (Å²) in [4.78, 5) is 0. The second-order valence-electron chi connectivity index (χ2n) is 3.59. The number of hydrogen-bond donors (Lipinski definition) is 1. The third-order valence-electron chi connectivity index (χ3n) is 2.49. The van der Waals surface area contributed by atoms with Crippen LogP contribution in [-0.4, -0.2) is 27.8 Å². The molecule has 3 nitrogen and oxygen atoms in total. The number of benzene rings is 1. The molecule has 0 saturated carbocycles. The number of aryl methyl sites for hydroxylation is 1. The Morgan fingerprint density at radius 2 is 1.88 bits per heavy atom. The lowest BCUT2D eigenvalue weighted by Crippen LogP contribution is -2.11. The Hall–Kier alpha value is -0.930. The summed E-state index contributed by atoms with van der Waals surface area (Å²) in [5.74, 6) is 1.39. The molecule has 0 fully saturated rings. The minimum atomic E-state index is 0.552. The largest absolute Gasteiger partial charge is 0.495 e. The fourth-order valence-corrected chi connectivity index (χ4v) is 2.15. The molecule has 0 aliphatic heterocycles. The molecule has 0 radical (unpaired) electrons. The molecule has 16 heavy (non-hydrogen) atoms. The van der Waals surface area contributed by atoms with E-state index < -0.39 is 0 Å². The molecule has 0 bridgehead atoms. The normalized spacial score (nSPS) is 10.3. The lowest BCUT2D eigenvalue weighted by Gasteiger charge is -2.15. The van der Waals surface area contributed by atoms with E-state index in [1.807, 2.05) is 14.0 Å². The Morgan fingerprint density at radius 1 is 1.25 bits per heavy atom. The van der Waals surface area contributed by atoms with E-state index in [4.69, 9.17) is 21.1 Å². The summed E-state index contributed by atoms with van der Waals surface area (Å²) in [5.41, 5.74) is 2.12. The quantitative estimate of drug-likeness (QED) is 0.862. The molecule has 0 heterocycles. The SMILES string of the molecule is CNCCc1cc(C)c(OC)c(Cl)c1OC. The van der Waals surface area contributed by atoms with Gasteiger partial charge in [-0.1, -0.05) is 11.6 Å². The molecule has 90 valence electrons. The van der Waals surface area contributed by atoms with Gasteiger partial charge in [-0.15, -0.1) is 0 Å². The standard InChI is InChI=1S/C12H18ClNO2/c1-8-7-9(5-6-14-2)12(16-4)10(13)11(8)15-3/h7,14H,5-6H2,1-4H3. The van der Waals surface area contributed by atoms with Crippen molar-refractivity contribution in [3.8, 4) is 11.5 Å². The zero-order valence-electron chi connectivity index (χ0n) is 10.2. The second kappa shape index (κ2) is 5.97. The smallest absolute Gasteiger partial charge is 0.144 e. The number of nitrogens with one attached hydrogen (secondary N) is 1. The van der Waals surface area contributed by atoms with Crippen molar-refractivity contribution in [2.24, 2.45) is 0 Å². The van der Waals surface area contributed by atoms with Crippen LogP contribution in [0.3, 0.4) is 0 Å². The van der Waals surface area contributed by atoms with Crippen LogP contribution in [0.4, 0.5) is 0 Å². The van der Waals surface area contributed by atoms with E-state index in [1.54, 1.807) is 14.2 Å². The number of likely N-dealkylation sites (N-methyl/N-ethyl adjacent to an activating group) is 1. The molecule has 0 saturated heterocycles. The van der Waals surface area contributed by atoms with E-state index in [9.17, 15) is 0 Å². The van der Waals surface area contributed by atoms with Gasteiger partial charge < -0.3 is 14.8 Å². The van der Waals surface area contributed by atoms with Gasteiger partial charge in [-0.2, -0.15) is 0 Å². The number of rotatable bonds is 5. The molecular weight excluding hydrogens is 226 g/mol. The van der Waals surface area contributed by atoms with Crippen LogP contribution in [0.25, 0.3) is 0 Å². The summed E-state index contributed by atoms with van der Waals surface area (Å²) in [6.45, 7) is 2.87. The predicted octanol–water partition coefficient (Wildman–Crippen LogP) is 2.43. The van der Waals surface area contributed by atoms with Crippen molar-refractivity contribution in [1.82, 2.24) is 5.32 Å². The molecule has 1 rings (SSSR count). The Labute approximate surface area is 102 Å². The monoisotopic (exact) mass is 243 g/mol. The van der Waals surface area contributed by atoms with Gasteiger partial charge in [0.05, 0.1) is 14.2 Å². The van der Waals surface area contributed by atoms with E-state index in [0.29, 0.717) is 16.5 Å². The summed E-state index contributed by atoms with van der Waals surface area (Å²) in [7, 11) is 5.16. The highest BCUT2D eigenvalue weighted by Crippen LogP contribution is 2.39. The van der Waals surface area contributed by atoms with Gasteiger partial charge in [-0.25, -0.2) is 0 Å². The molecule has 0 aromatic heterocycles. The highest BCUT2D eigenvalue weighted by atomic mass is 35.5. The molecule has 0 aliphatic rings. The molecule has 0 amide bonds. The second-order valence-corrected chi connectivity index (χ2v) is 3.96. The third kappa shape index (κ3) is 2.60. The molecular formula is C12H18ClNO2. The van der Waals surface area contributed by atoms with Crippen molar-refractivity contribution in [3.05, 3.63) is 22.2 Å². The van der Waals surface area contributed by atoms with Crippen molar-refractivity contribution < 1.29 is 9.47 Å².